The molecule has 0 spiro atoms. The van der Waals surface area contributed by atoms with Gasteiger partial charge in [0, 0.05) is 39.9 Å². The van der Waals surface area contributed by atoms with Crippen LogP contribution in [0.2, 0.25) is 0 Å². The molecule has 1 aliphatic rings. The van der Waals surface area contributed by atoms with Crippen molar-refractivity contribution in [1.82, 2.24) is 14.6 Å². The molecule has 7 heteroatoms. The first-order valence-corrected chi connectivity index (χ1v) is 7.76. The van der Waals surface area contributed by atoms with E-state index in [0.29, 0.717) is 6.04 Å². The lowest BCUT2D eigenvalue weighted by molar-refractivity contribution is 0.415. The highest BCUT2D eigenvalue weighted by Gasteiger charge is 2.25. The average molecular weight is 284 g/mol. The third-order valence-corrected chi connectivity index (χ3v) is 5.13. The highest BCUT2D eigenvalue weighted by Crippen LogP contribution is 2.19. The van der Waals surface area contributed by atoms with Crippen molar-refractivity contribution in [2.45, 2.75) is 17.9 Å². The summed E-state index contributed by atoms with van der Waals surface area (Å²) in [5, 5.41) is 3.22. The Morgan fingerprint density at radius 3 is 2.42 bits per heavy atom. The minimum absolute atomic E-state index is 0.226. The summed E-state index contributed by atoms with van der Waals surface area (Å²) in [5.41, 5.74) is 0. The van der Waals surface area contributed by atoms with Gasteiger partial charge in [-0.05, 0) is 19.1 Å². The Morgan fingerprint density at radius 2 is 2.05 bits per heavy atom. The quantitative estimate of drug-likeness (QED) is 0.832. The van der Waals surface area contributed by atoms with Gasteiger partial charge in [0.2, 0.25) is 10.0 Å². The van der Waals surface area contributed by atoms with Gasteiger partial charge in [0.25, 0.3) is 0 Å². The number of hydrogen-bond donors (Lipinski definition) is 1. The first-order chi connectivity index (χ1) is 8.96. The van der Waals surface area contributed by atoms with Crippen molar-refractivity contribution in [3.63, 3.8) is 0 Å². The fraction of sp³-hybridized carbons (Fsp3) is 0.583. The summed E-state index contributed by atoms with van der Waals surface area (Å²) < 4.78 is 25.1. The van der Waals surface area contributed by atoms with Crippen LogP contribution in [-0.2, 0) is 10.0 Å². The predicted octanol–water partition coefficient (Wildman–Crippen LogP) is 0.130. The van der Waals surface area contributed by atoms with Crippen molar-refractivity contribution in [3.05, 3.63) is 18.3 Å². The number of rotatable bonds is 5. The molecule has 2 heterocycles. The number of nitrogens with one attached hydrogen (secondary N) is 1. The van der Waals surface area contributed by atoms with Crippen LogP contribution in [0.1, 0.15) is 6.92 Å². The second kappa shape index (κ2) is 5.44. The Hall–Kier alpha value is -1.18. The van der Waals surface area contributed by atoms with Gasteiger partial charge in [0.05, 0.1) is 6.04 Å². The molecule has 106 valence electrons. The molecule has 0 radical (unpaired) electrons. The van der Waals surface area contributed by atoms with Crippen molar-refractivity contribution in [2.24, 2.45) is 0 Å². The second-order valence-corrected chi connectivity index (χ2v) is 6.89. The van der Waals surface area contributed by atoms with Crippen LogP contribution in [0.25, 0.3) is 0 Å². The fourth-order valence-electron chi connectivity index (χ4n) is 2.01. The van der Waals surface area contributed by atoms with Gasteiger partial charge in [-0.15, -0.1) is 0 Å². The number of nitrogens with zero attached hydrogens (tertiary/aromatic N) is 3. The van der Waals surface area contributed by atoms with Gasteiger partial charge >= 0.3 is 0 Å². The molecule has 0 aliphatic carbocycles. The predicted molar refractivity (Wildman–Crippen MR) is 74.8 cm³/mol. The Balaban J connectivity index is 2.22. The monoisotopic (exact) mass is 284 g/mol. The molecule has 1 fully saturated rings. The van der Waals surface area contributed by atoms with Crippen LogP contribution in [0.3, 0.4) is 0 Å². The lowest BCUT2D eigenvalue weighted by atomic mass is 10.1. The SMILES string of the molecule is CCN(c1ccc(S(=O)(=O)N(C)C)cn1)C1CNC1. The highest BCUT2D eigenvalue weighted by atomic mass is 32.2. The van der Waals surface area contributed by atoms with Gasteiger partial charge in [-0.2, -0.15) is 0 Å². The van der Waals surface area contributed by atoms with E-state index in [1.54, 1.807) is 12.1 Å². The van der Waals surface area contributed by atoms with Crippen LogP contribution in [0.15, 0.2) is 23.2 Å². The van der Waals surface area contributed by atoms with Gasteiger partial charge in [0.15, 0.2) is 0 Å². The van der Waals surface area contributed by atoms with Crippen LogP contribution in [-0.4, -0.2) is 57.5 Å². The van der Waals surface area contributed by atoms with Gasteiger partial charge in [-0.3, -0.25) is 0 Å². The lowest BCUT2D eigenvalue weighted by Gasteiger charge is -2.38. The largest absolute Gasteiger partial charge is 0.351 e. The van der Waals surface area contributed by atoms with Crippen molar-refractivity contribution >= 4 is 15.8 Å². The standard InChI is InChI=1S/C12H20N4O2S/c1-4-16(10-7-13-8-10)12-6-5-11(9-14-12)19(17,18)15(2)3/h5-6,9-10,13H,4,7-8H2,1-3H3. The molecule has 1 aromatic heterocycles. The Kier molecular flexibility index (Phi) is 4.07. The number of hydrogen-bond acceptors (Lipinski definition) is 5. The highest BCUT2D eigenvalue weighted by molar-refractivity contribution is 7.89. The van der Waals surface area contributed by atoms with E-state index in [-0.39, 0.29) is 4.90 Å². The maximum Gasteiger partial charge on any atom is 0.244 e. The zero-order valence-electron chi connectivity index (χ0n) is 11.5. The third-order valence-electron chi connectivity index (χ3n) is 3.33. The normalized spacial score (nSPS) is 16.4. The van der Waals surface area contributed by atoms with Gasteiger partial charge in [-0.25, -0.2) is 17.7 Å². The topological polar surface area (TPSA) is 65.5 Å². The summed E-state index contributed by atoms with van der Waals surface area (Å²) in [6.07, 6.45) is 1.43. The van der Waals surface area contributed by atoms with Crippen LogP contribution < -0.4 is 10.2 Å². The lowest BCUT2D eigenvalue weighted by Crippen LogP contribution is -2.57. The summed E-state index contributed by atoms with van der Waals surface area (Å²) in [6, 6.07) is 3.85. The first kappa shape index (κ1) is 14.2. The first-order valence-electron chi connectivity index (χ1n) is 6.32. The van der Waals surface area contributed by atoms with Crippen molar-refractivity contribution in [1.29, 1.82) is 0 Å². The Morgan fingerprint density at radius 1 is 1.37 bits per heavy atom. The molecule has 1 saturated heterocycles. The average Bonchev–Trinajstić information content (AvgIpc) is 2.33. The van der Waals surface area contributed by atoms with E-state index in [0.717, 1.165) is 25.5 Å². The Labute approximate surface area is 114 Å². The molecule has 1 aliphatic heterocycles. The minimum Gasteiger partial charge on any atom is -0.351 e. The molecule has 0 atom stereocenters. The maximum absolute atomic E-state index is 11.9. The number of likely N-dealkylation sites (N-methyl/N-ethyl adjacent to an activating group) is 1. The second-order valence-electron chi connectivity index (χ2n) is 4.74. The summed E-state index contributed by atoms with van der Waals surface area (Å²) in [4.78, 5) is 6.70. The molecule has 6 nitrogen and oxygen atoms in total. The van der Waals surface area contributed by atoms with E-state index >= 15 is 0 Å². The van der Waals surface area contributed by atoms with Gasteiger partial charge < -0.3 is 10.2 Å². The van der Waals surface area contributed by atoms with E-state index in [1.807, 2.05) is 0 Å². The van der Waals surface area contributed by atoms with Gasteiger partial charge in [0.1, 0.15) is 10.7 Å². The molecular formula is C12H20N4O2S. The van der Waals surface area contributed by atoms with E-state index in [9.17, 15) is 8.42 Å². The van der Waals surface area contributed by atoms with Crippen LogP contribution in [0, 0.1) is 0 Å². The smallest absolute Gasteiger partial charge is 0.244 e. The minimum atomic E-state index is -3.40. The summed E-state index contributed by atoms with van der Waals surface area (Å²) >= 11 is 0. The number of pyridine rings is 1. The van der Waals surface area contributed by atoms with E-state index < -0.39 is 10.0 Å². The van der Waals surface area contributed by atoms with Crippen LogP contribution >= 0.6 is 0 Å². The molecule has 0 unspecified atom stereocenters. The molecule has 0 aromatic carbocycles. The summed E-state index contributed by atoms with van der Waals surface area (Å²) in [6.45, 7) is 4.84. The molecular weight excluding hydrogens is 264 g/mol. The molecule has 2 rings (SSSR count). The molecule has 19 heavy (non-hydrogen) atoms. The third kappa shape index (κ3) is 2.72. The zero-order chi connectivity index (χ0) is 14.0. The Bertz CT molecular complexity index is 523. The fourth-order valence-corrected chi connectivity index (χ4v) is 2.85. The molecule has 0 saturated carbocycles. The van der Waals surface area contributed by atoms with Crippen molar-refractivity contribution in [3.8, 4) is 0 Å². The van der Waals surface area contributed by atoms with Crippen molar-refractivity contribution < 1.29 is 8.42 Å². The molecule has 1 N–H and O–H groups in total. The molecule has 0 amide bonds. The maximum atomic E-state index is 11.9. The van der Waals surface area contributed by atoms with E-state index in [2.05, 4.69) is 22.1 Å². The summed E-state index contributed by atoms with van der Waals surface area (Å²) in [7, 11) is -0.367. The number of sulfonamides is 1. The van der Waals surface area contributed by atoms with Gasteiger partial charge in [-0.1, -0.05) is 0 Å². The van der Waals surface area contributed by atoms with E-state index in [4.69, 9.17) is 0 Å². The van der Waals surface area contributed by atoms with E-state index in [1.165, 1.54) is 24.6 Å². The number of anilines is 1. The van der Waals surface area contributed by atoms with Crippen molar-refractivity contribution in [2.75, 3.05) is 38.6 Å². The molecule has 0 bridgehead atoms. The zero-order valence-corrected chi connectivity index (χ0v) is 12.3. The van der Waals surface area contributed by atoms with Crippen LogP contribution in [0.4, 0.5) is 5.82 Å². The number of aromatic nitrogens is 1. The van der Waals surface area contributed by atoms with Crippen LogP contribution in [0.5, 0.6) is 0 Å². The molecule has 1 aromatic rings. The summed E-state index contributed by atoms with van der Waals surface area (Å²) in [5.74, 6) is 0.826.